The van der Waals surface area contributed by atoms with Crippen molar-refractivity contribution in [3.05, 3.63) is 100.0 Å². The Hall–Kier alpha value is -3.31. The number of anilines is 1. The zero-order valence-electron chi connectivity index (χ0n) is 20.1. The molecule has 5 rings (SSSR count). The molecule has 5 heteroatoms. The summed E-state index contributed by atoms with van der Waals surface area (Å²) in [6.45, 7) is 4.13. The molecule has 178 valence electrons. The maximum absolute atomic E-state index is 13.8. The van der Waals surface area contributed by atoms with Gasteiger partial charge in [0, 0.05) is 23.5 Å². The summed E-state index contributed by atoms with van der Waals surface area (Å²) >= 11 is 1.48. The first-order valence-corrected chi connectivity index (χ1v) is 13.2. The predicted octanol–water partition coefficient (Wildman–Crippen LogP) is 6.69. The van der Waals surface area contributed by atoms with Crippen molar-refractivity contribution in [3.63, 3.8) is 0 Å². The van der Waals surface area contributed by atoms with Crippen LogP contribution in [0.15, 0.2) is 82.6 Å². The first-order valence-electron chi connectivity index (χ1n) is 12.3. The van der Waals surface area contributed by atoms with E-state index in [1.54, 1.807) is 0 Å². The number of fused-ring (bicyclic) bond motifs is 1. The highest BCUT2D eigenvalue weighted by Gasteiger charge is 2.31. The van der Waals surface area contributed by atoms with Crippen molar-refractivity contribution < 1.29 is 9.59 Å². The van der Waals surface area contributed by atoms with Gasteiger partial charge in [0.15, 0.2) is 0 Å². The maximum atomic E-state index is 13.8. The Morgan fingerprint density at radius 2 is 1.69 bits per heavy atom. The van der Waals surface area contributed by atoms with Gasteiger partial charge in [0.05, 0.1) is 17.1 Å². The molecule has 3 aromatic rings. The van der Waals surface area contributed by atoms with Gasteiger partial charge in [-0.15, -0.1) is 0 Å². The normalized spacial score (nSPS) is 17.3. The number of carbonyl (C=O) groups is 2. The third-order valence-corrected chi connectivity index (χ3v) is 7.66. The van der Waals surface area contributed by atoms with Gasteiger partial charge in [0.1, 0.15) is 0 Å². The number of aryl methyl sites for hydroxylation is 1. The van der Waals surface area contributed by atoms with Gasteiger partial charge >= 0.3 is 0 Å². The molecule has 0 radical (unpaired) electrons. The lowest BCUT2D eigenvalue weighted by atomic mass is 10.1. The van der Waals surface area contributed by atoms with Crippen molar-refractivity contribution in [1.29, 1.82) is 0 Å². The standard InChI is InChI=1S/C30H30N2O2S/c1-22-10-9-13-24(18-22)21-32-26-20-25(29(33)31-16-7-2-3-8-17-31)14-15-27(26)35-28(30(32)34)19-23-11-5-4-6-12-23/h4-6,9-15,18-20H,2-3,7-8,16-17,21H2,1H3/b28-19+. The molecule has 0 atom stereocenters. The molecule has 2 aliphatic rings. The molecular formula is C30H30N2O2S. The summed E-state index contributed by atoms with van der Waals surface area (Å²) in [4.78, 5) is 32.6. The number of rotatable bonds is 4. The van der Waals surface area contributed by atoms with Crippen LogP contribution in [0.25, 0.3) is 6.08 Å². The molecule has 35 heavy (non-hydrogen) atoms. The Morgan fingerprint density at radius 3 is 2.43 bits per heavy atom. The molecule has 2 aliphatic heterocycles. The lowest BCUT2D eigenvalue weighted by Crippen LogP contribution is -2.35. The number of amides is 2. The summed E-state index contributed by atoms with van der Waals surface area (Å²) in [5, 5.41) is 0. The number of likely N-dealkylation sites (tertiary alicyclic amines) is 1. The smallest absolute Gasteiger partial charge is 0.265 e. The second-order valence-electron chi connectivity index (χ2n) is 9.29. The fourth-order valence-corrected chi connectivity index (χ4v) is 5.79. The molecule has 3 aromatic carbocycles. The molecule has 0 unspecified atom stereocenters. The van der Waals surface area contributed by atoms with Gasteiger partial charge in [-0.25, -0.2) is 0 Å². The van der Waals surface area contributed by atoms with Crippen molar-refractivity contribution in [1.82, 2.24) is 4.90 Å². The summed E-state index contributed by atoms with van der Waals surface area (Å²) in [6, 6.07) is 24.0. The highest BCUT2D eigenvalue weighted by Crippen LogP contribution is 2.43. The van der Waals surface area contributed by atoms with Crippen LogP contribution >= 0.6 is 11.8 Å². The van der Waals surface area contributed by atoms with Crippen LogP contribution in [0, 0.1) is 6.92 Å². The Bertz CT molecular complexity index is 1260. The number of thioether (sulfide) groups is 1. The second kappa shape index (κ2) is 10.5. The molecule has 0 spiro atoms. The largest absolute Gasteiger partial charge is 0.339 e. The van der Waals surface area contributed by atoms with E-state index < -0.39 is 0 Å². The Balaban J connectivity index is 1.52. The lowest BCUT2D eigenvalue weighted by molar-refractivity contribution is -0.114. The summed E-state index contributed by atoms with van der Waals surface area (Å²) in [6.07, 6.45) is 6.42. The summed E-state index contributed by atoms with van der Waals surface area (Å²) in [7, 11) is 0. The van der Waals surface area contributed by atoms with Crippen LogP contribution in [0.1, 0.15) is 52.7 Å². The average molecular weight is 483 g/mol. The topological polar surface area (TPSA) is 40.6 Å². The van der Waals surface area contributed by atoms with E-state index in [2.05, 4.69) is 25.1 Å². The van der Waals surface area contributed by atoms with Crippen molar-refractivity contribution in [2.45, 2.75) is 44.0 Å². The van der Waals surface area contributed by atoms with E-state index in [9.17, 15) is 9.59 Å². The van der Waals surface area contributed by atoms with Gasteiger partial charge in [-0.1, -0.05) is 84.8 Å². The molecular weight excluding hydrogens is 452 g/mol. The first kappa shape index (κ1) is 23.4. The molecule has 0 saturated carbocycles. The second-order valence-corrected chi connectivity index (χ2v) is 10.4. The third-order valence-electron chi connectivity index (χ3n) is 6.59. The van der Waals surface area contributed by atoms with Gasteiger partial charge in [-0.3, -0.25) is 9.59 Å². The number of benzene rings is 3. The van der Waals surface area contributed by atoms with Gasteiger partial charge < -0.3 is 9.80 Å². The van der Waals surface area contributed by atoms with Crippen molar-refractivity contribution >= 4 is 35.3 Å². The fraction of sp³-hybridized carbons (Fsp3) is 0.267. The highest BCUT2D eigenvalue weighted by atomic mass is 32.2. The molecule has 0 bridgehead atoms. The minimum Gasteiger partial charge on any atom is -0.339 e. The number of hydrogen-bond acceptors (Lipinski definition) is 3. The fourth-order valence-electron chi connectivity index (χ4n) is 4.75. The molecule has 2 heterocycles. The minimum atomic E-state index is -0.0350. The molecule has 4 nitrogen and oxygen atoms in total. The molecule has 0 N–H and O–H groups in total. The molecule has 1 fully saturated rings. The van der Waals surface area contributed by atoms with Crippen LogP contribution in [-0.4, -0.2) is 29.8 Å². The van der Waals surface area contributed by atoms with E-state index in [0.717, 1.165) is 53.2 Å². The van der Waals surface area contributed by atoms with Crippen LogP contribution in [0.2, 0.25) is 0 Å². The summed E-state index contributed by atoms with van der Waals surface area (Å²) in [5.41, 5.74) is 4.69. The van der Waals surface area contributed by atoms with E-state index in [1.165, 1.54) is 24.6 Å². The summed E-state index contributed by atoms with van der Waals surface area (Å²) < 4.78 is 0. The van der Waals surface area contributed by atoms with Crippen LogP contribution in [0.3, 0.4) is 0 Å². The molecule has 1 saturated heterocycles. The van der Waals surface area contributed by atoms with Crippen LogP contribution in [-0.2, 0) is 11.3 Å². The average Bonchev–Trinajstić information content (AvgIpc) is 3.16. The zero-order valence-corrected chi connectivity index (χ0v) is 20.9. The van der Waals surface area contributed by atoms with E-state index >= 15 is 0 Å². The third kappa shape index (κ3) is 5.35. The van der Waals surface area contributed by atoms with Crippen LogP contribution < -0.4 is 4.90 Å². The Kier molecular flexibility index (Phi) is 7.05. The molecule has 0 aromatic heterocycles. The SMILES string of the molecule is Cc1cccc(CN2C(=O)/C(=C\c3ccccc3)Sc3ccc(C(=O)N4CCCCCC4)cc32)c1. The Morgan fingerprint density at radius 1 is 0.914 bits per heavy atom. The monoisotopic (exact) mass is 482 g/mol. The minimum absolute atomic E-state index is 0.0350. The first-order chi connectivity index (χ1) is 17.1. The van der Waals surface area contributed by atoms with Crippen molar-refractivity contribution in [3.8, 4) is 0 Å². The van der Waals surface area contributed by atoms with E-state index in [0.29, 0.717) is 17.0 Å². The molecule has 2 amide bonds. The van der Waals surface area contributed by atoms with Gasteiger partial charge in [-0.05, 0) is 55.2 Å². The summed E-state index contributed by atoms with van der Waals surface area (Å²) in [5.74, 6) is 0.0282. The van der Waals surface area contributed by atoms with Crippen molar-refractivity contribution in [2.24, 2.45) is 0 Å². The van der Waals surface area contributed by atoms with E-state index in [-0.39, 0.29) is 11.8 Å². The van der Waals surface area contributed by atoms with Crippen LogP contribution in [0.5, 0.6) is 0 Å². The molecule has 0 aliphatic carbocycles. The number of nitrogens with zero attached hydrogens (tertiary/aromatic N) is 2. The van der Waals surface area contributed by atoms with Gasteiger partial charge in [0.25, 0.3) is 11.8 Å². The quantitative estimate of drug-likeness (QED) is 0.389. The maximum Gasteiger partial charge on any atom is 0.265 e. The van der Waals surface area contributed by atoms with Gasteiger partial charge in [-0.2, -0.15) is 0 Å². The van der Waals surface area contributed by atoms with E-state index in [4.69, 9.17) is 0 Å². The van der Waals surface area contributed by atoms with Crippen LogP contribution in [0.4, 0.5) is 5.69 Å². The Labute approximate surface area is 211 Å². The predicted molar refractivity (Wildman–Crippen MR) is 143 cm³/mol. The zero-order chi connectivity index (χ0) is 24.2. The van der Waals surface area contributed by atoms with E-state index in [1.807, 2.05) is 70.5 Å². The van der Waals surface area contributed by atoms with Gasteiger partial charge in [0.2, 0.25) is 0 Å². The highest BCUT2D eigenvalue weighted by molar-refractivity contribution is 8.04. The number of carbonyl (C=O) groups excluding carboxylic acids is 2. The van der Waals surface area contributed by atoms with Crippen molar-refractivity contribution in [2.75, 3.05) is 18.0 Å². The number of hydrogen-bond donors (Lipinski definition) is 0. The lowest BCUT2D eigenvalue weighted by Gasteiger charge is -2.31.